The molecule has 9 aliphatic rings. The van der Waals surface area contributed by atoms with Crippen molar-refractivity contribution in [3.63, 3.8) is 0 Å². The molecule has 7 aromatic rings. The number of rotatable bonds is 15. The first-order valence-corrected chi connectivity index (χ1v) is 39.9. The van der Waals surface area contributed by atoms with Crippen molar-refractivity contribution in [2.45, 2.75) is 167 Å². The highest BCUT2D eigenvalue weighted by molar-refractivity contribution is 6.32. The molecule has 16 rings (SSSR count). The van der Waals surface area contributed by atoms with E-state index in [0.29, 0.717) is 0 Å². The Bertz CT molecular complexity index is 5540. The molecule has 0 radical (unpaired) electrons. The van der Waals surface area contributed by atoms with E-state index in [1.165, 1.54) is 30.3 Å². The number of carboxylic acid groups (broad SMARTS) is 2. The molecular formula is C82H83Cl2N9O35. The first-order chi connectivity index (χ1) is 60.9. The van der Waals surface area contributed by atoms with E-state index in [2.05, 4.69) is 42.5 Å². The number of amides is 8. The Kier molecular flexibility index (Phi) is 27.0. The summed E-state index contributed by atoms with van der Waals surface area (Å²) >= 11 is 14.6. The molecule has 46 heteroatoms. The van der Waals surface area contributed by atoms with E-state index in [9.17, 15) is 106 Å². The number of benzene rings is 7. The number of hydrogen-bond donors (Lipinski definition) is 25. The summed E-state index contributed by atoms with van der Waals surface area (Å²) in [5.74, 6) is -22.2. The number of aliphatic carboxylic acids is 2. The van der Waals surface area contributed by atoms with Crippen LogP contribution in [0.4, 0.5) is 0 Å². The molecule has 3 fully saturated rings. The van der Waals surface area contributed by atoms with Crippen LogP contribution in [-0.4, -0.2) is 265 Å². The second-order valence-electron chi connectivity index (χ2n) is 30.7. The molecule has 9 aliphatic heterocycles. The van der Waals surface area contributed by atoms with Crippen molar-refractivity contribution in [1.29, 1.82) is 0 Å². The van der Waals surface area contributed by atoms with Gasteiger partial charge in [0.2, 0.25) is 65.6 Å². The third-order valence-electron chi connectivity index (χ3n) is 22.0. The lowest BCUT2D eigenvalue weighted by Gasteiger charge is -2.44. The van der Waals surface area contributed by atoms with E-state index in [-0.39, 0.29) is 27.6 Å². The number of nitrogens with one attached hydrogen (secondary N) is 8. The topological polar surface area (TPSA) is 700 Å². The maximum atomic E-state index is 16.9. The quantitative estimate of drug-likeness (QED) is 0.0522. The summed E-state index contributed by atoms with van der Waals surface area (Å²) in [5, 5.41) is 198. The van der Waals surface area contributed by atoms with Crippen LogP contribution in [0.2, 0.25) is 10.0 Å². The summed E-state index contributed by atoms with van der Waals surface area (Å²) in [6.07, 6.45) is -31.5. The Labute approximate surface area is 730 Å². The number of phenolic OH excluding ortho intramolecular Hbond substituents is 4. The summed E-state index contributed by atoms with van der Waals surface area (Å²) < 4.78 is 56.7. The number of aliphatic hydroxyl groups excluding tert-OH is 10. The third-order valence-corrected chi connectivity index (χ3v) is 22.6. The lowest BCUT2D eigenvalue weighted by atomic mass is 9.89. The van der Waals surface area contributed by atoms with Gasteiger partial charge in [0, 0.05) is 48.6 Å². The SMILES string of the molecule is CC(=O)N[C@H]1C(O)[C@H](O)C(CO)O[C@H]1O[C@@H]1c2ccc(c(Cl)c2)Oc2cc3cc(c2O[C@@H]2OC(CO)[C@@H](O)[C@H](O)C2NC(=O)CCC(=O)O)Oc2ccc(cc2Cl)C[C@H]2NC(=O)[C@H](N)c4ccc(O)c(c4)Oc4cc(O)cc(c4)[C@H](NC2=O)C(=O)N[C@H]3C(=O)N[C@H]2C(=O)N[C@@H]1C(=O)N[C@H](C(=O)O)c1cc(O)cc(O[C@H]3OC(CO)[C@@H](O)[C@@H](O)C3O)c1-c1cc2ccc1O. The number of ether oxygens (including phenoxy) is 9. The fourth-order valence-electron chi connectivity index (χ4n) is 15.5. The lowest BCUT2D eigenvalue weighted by Crippen LogP contribution is -2.65. The average molecular weight is 1830 g/mol. The normalized spacial score (nSPS) is 29.3. The number of aromatic hydroxyl groups is 4. The van der Waals surface area contributed by atoms with Crippen molar-refractivity contribution < 1.29 is 172 Å². The molecule has 0 aliphatic carbocycles. The molecule has 17 bridgehead atoms. The number of hydrogen-bond acceptors (Lipinski definition) is 34. The average Bonchev–Trinajstić information content (AvgIpc) is 0.749. The third kappa shape index (κ3) is 19.0. The molecule has 7 aromatic carbocycles. The van der Waals surface area contributed by atoms with Crippen LogP contribution in [0, 0.1) is 0 Å². The van der Waals surface area contributed by atoms with Crippen LogP contribution in [0.15, 0.2) is 115 Å². The van der Waals surface area contributed by atoms with Gasteiger partial charge in [0.05, 0.1) is 36.3 Å². The Morgan fingerprint density at radius 3 is 1.65 bits per heavy atom. The van der Waals surface area contributed by atoms with Crippen LogP contribution in [0.25, 0.3) is 11.1 Å². The molecular weight excluding hydrogens is 1740 g/mol. The number of carbonyl (C=O) groups is 10. The van der Waals surface area contributed by atoms with Gasteiger partial charge in [0.25, 0.3) is 0 Å². The summed E-state index contributed by atoms with van der Waals surface area (Å²) in [6.45, 7) is -2.31. The van der Waals surface area contributed by atoms with Crippen molar-refractivity contribution in [3.8, 4) is 80.1 Å². The van der Waals surface area contributed by atoms with Crippen molar-refractivity contribution >= 4 is 82.4 Å². The highest BCUT2D eigenvalue weighted by Gasteiger charge is 2.52. The van der Waals surface area contributed by atoms with E-state index in [4.69, 9.17) is 71.6 Å². The fraction of sp³-hybridized carbons (Fsp3) is 0.366. The van der Waals surface area contributed by atoms with E-state index in [1.54, 1.807) is 0 Å². The molecule has 0 saturated carbocycles. The minimum atomic E-state index is -2.62. The van der Waals surface area contributed by atoms with Crippen molar-refractivity contribution in [3.05, 3.63) is 164 Å². The highest BCUT2D eigenvalue weighted by atomic mass is 35.5. The second kappa shape index (κ2) is 37.8. The lowest BCUT2D eigenvalue weighted by molar-refractivity contribution is -0.284. The Morgan fingerprint density at radius 2 is 1.03 bits per heavy atom. The predicted molar refractivity (Wildman–Crippen MR) is 427 cm³/mol. The van der Waals surface area contributed by atoms with Crippen LogP contribution in [0.5, 0.6) is 69.0 Å². The summed E-state index contributed by atoms with van der Waals surface area (Å²) in [7, 11) is 0. The van der Waals surface area contributed by atoms with Gasteiger partial charge < -0.3 is 173 Å². The number of nitrogens with two attached hydrogens (primary N) is 1. The molecule has 9 heterocycles. The van der Waals surface area contributed by atoms with Gasteiger partial charge in [-0.3, -0.25) is 43.2 Å². The van der Waals surface area contributed by atoms with Gasteiger partial charge in [-0.25, -0.2) is 4.79 Å². The smallest absolute Gasteiger partial charge is 0.330 e. The molecule has 26 N–H and O–H groups in total. The maximum absolute atomic E-state index is 16.9. The van der Waals surface area contributed by atoms with Gasteiger partial charge in [-0.15, -0.1) is 0 Å². The highest BCUT2D eigenvalue weighted by Crippen LogP contribution is 2.51. The predicted octanol–water partition coefficient (Wildman–Crippen LogP) is -2.11. The van der Waals surface area contributed by atoms with Crippen LogP contribution in [-0.2, 0) is 73.3 Å². The van der Waals surface area contributed by atoms with Gasteiger partial charge in [-0.1, -0.05) is 47.5 Å². The van der Waals surface area contributed by atoms with Crippen LogP contribution in [0.1, 0.15) is 95.0 Å². The molecule has 44 nitrogen and oxygen atoms in total. The van der Waals surface area contributed by atoms with Crippen molar-refractivity contribution in [2.75, 3.05) is 19.8 Å². The number of phenols is 4. The first-order valence-electron chi connectivity index (χ1n) is 39.2. The molecule has 23 atom stereocenters. The van der Waals surface area contributed by atoms with Gasteiger partial charge in [0.1, 0.15) is 156 Å². The van der Waals surface area contributed by atoms with Gasteiger partial charge in [0.15, 0.2) is 35.3 Å². The number of carbonyl (C=O) groups excluding carboxylic acids is 8. The van der Waals surface area contributed by atoms with E-state index >= 15 is 24.0 Å². The largest absolute Gasteiger partial charge is 0.508 e. The van der Waals surface area contributed by atoms with Gasteiger partial charge in [-0.2, -0.15) is 0 Å². The number of aliphatic hydroxyl groups is 10. The molecule has 3 saturated heterocycles. The Balaban J connectivity index is 1.05. The number of fused-ring (bicyclic) bond motifs is 14. The first kappa shape index (κ1) is 91.6. The monoisotopic (exact) mass is 1820 g/mol. The molecule has 0 spiro atoms. The standard InChI is InChI=1S/C82H83Cl2N9O35/c1-27(97)86-61-67(108)64(105)50(24-94)124-80(61)127-71-31-5-9-45(40(84)17-31)122-49-20-33-19-48(72(49)128-81-62(88-53(102)10-11-54(103)104)68(109)65(106)51(25-95)125-81)121-44-8-2-28(12-39(44)83)13-41-73(112)89-58(32-14-34(98)21-36(15-32)120-46-18-29(3-7-43(46)101)56(85)74(113)87-41)76(115)91-59(33)77(116)90-57-30-4-6-42(100)37(16-30)55-38(60(79(118)119)92-78(117)63(71)93-75(57)114)22-35(99)23-47(55)123-82-70(111)69(110)66(107)52(26-96)126-82/h2-9,12,14-23,41,50-52,56-71,80-82,94-96,98-101,105-111H,10-11,13,24-26,85H2,1H3,(H,86,97)(H,87,113)(H,88,102)(H,89,112)(H,90,116)(H,91,115)(H,92,117)(H,93,114)(H,103,104)(H,118,119)/t41-,50?,51?,52?,56-,57-,58+,59-,60+,61+,62?,63+,64-,65-,66-,67?,68-,69-,70?,71-,80+,81+,82+/m1/s1. The molecule has 0 aromatic heterocycles. The zero-order chi connectivity index (χ0) is 92.0. The summed E-state index contributed by atoms with van der Waals surface area (Å²) in [6, 6.07) is -0.508. The van der Waals surface area contributed by atoms with E-state index in [1.807, 2.05) is 0 Å². The minimum Gasteiger partial charge on any atom is -0.508 e. The molecule has 6 unspecified atom stereocenters. The fourth-order valence-corrected chi connectivity index (χ4v) is 16.0. The summed E-state index contributed by atoms with van der Waals surface area (Å²) in [4.78, 5) is 149. The van der Waals surface area contributed by atoms with Gasteiger partial charge in [-0.05, 0) is 112 Å². The van der Waals surface area contributed by atoms with Crippen molar-refractivity contribution in [2.24, 2.45) is 5.73 Å². The van der Waals surface area contributed by atoms with E-state index in [0.717, 1.165) is 91.9 Å². The molecule has 128 heavy (non-hydrogen) atoms. The van der Waals surface area contributed by atoms with Crippen molar-refractivity contribution in [1.82, 2.24) is 42.5 Å². The Hall–Kier alpha value is -12.6. The minimum absolute atomic E-state index is 0.00589. The Morgan fingerprint density at radius 1 is 0.484 bits per heavy atom. The summed E-state index contributed by atoms with van der Waals surface area (Å²) in [5.41, 5.74) is 2.46. The van der Waals surface area contributed by atoms with Gasteiger partial charge >= 0.3 is 11.9 Å². The zero-order valence-electron chi connectivity index (χ0n) is 66.2. The number of halogens is 2. The number of carboxylic acids is 2. The zero-order valence-corrected chi connectivity index (χ0v) is 67.7. The molecule has 8 amide bonds. The molecule has 680 valence electrons. The van der Waals surface area contributed by atoms with Crippen LogP contribution in [0.3, 0.4) is 0 Å². The van der Waals surface area contributed by atoms with E-state index < -0.39 is 340 Å². The van der Waals surface area contributed by atoms with Crippen LogP contribution >= 0.6 is 23.2 Å². The second-order valence-corrected chi connectivity index (χ2v) is 31.5. The maximum Gasteiger partial charge on any atom is 0.330 e. The van der Waals surface area contributed by atoms with Crippen LogP contribution < -0.4 is 72.0 Å².